The number of nitrogen functional groups attached to an aromatic ring is 1. The number of carbonyl (C=O) groups is 1. The van der Waals surface area contributed by atoms with E-state index in [1.54, 1.807) is 6.92 Å². The number of nitrogens with one attached hydrogen (secondary N) is 1. The summed E-state index contributed by atoms with van der Waals surface area (Å²) in [5.41, 5.74) is 4.32. The average molecular weight is 258 g/mol. The number of hydrogen-bond acceptors (Lipinski definition) is 3. The Morgan fingerprint density at radius 3 is 2.78 bits per heavy atom. The number of carbonyl (C=O) groups excluding carboxylic acids is 1. The van der Waals surface area contributed by atoms with Crippen molar-refractivity contribution in [3.63, 3.8) is 0 Å². The first kappa shape index (κ1) is 14.4. The van der Waals surface area contributed by atoms with Crippen molar-refractivity contribution in [3.05, 3.63) is 29.3 Å². The Morgan fingerprint density at radius 1 is 1.50 bits per heavy atom. The van der Waals surface area contributed by atoms with Crippen LogP contribution < -0.4 is 11.1 Å². The van der Waals surface area contributed by atoms with Gasteiger partial charge in [-0.2, -0.15) is 0 Å². The van der Waals surface area contributed by atoms with E-state index in [4.69, 9.17) is 10.8 Å². The Bertz CT molecular complexity index is 436. The van der Waals surface area contributed by atoms with Gasteiger partial charge >= 0.3 is 0 Å². The first-order valence-corrected chi connectivity index (χ1v) is 5.63. The summed E-state index contributed by atoms with van der Waals surface area (Å²) in [5.74, 6) is -2.85. The van der Waals surface area contributed by atoms with E-state index in [1.165, 1.54) is 0 Å². The number of amides is 1. The zero-order valence-corrected chi connectivity index (χ0v) is 10.0. The van der Waals surface area contributed by atoms with Crippen molar-refractivity contribution in [3.8, 4) is 0 Å². The topological polar surface area (TPSA) is 75.3 Å². The van der Waals surface area contributed by atoms with Crippen LogP contribution in [0, 0.1) is 11.6 Å². The molecule has 0 aromatic heterocycles. The van der Waals surface area contributed by atoms with Crippen LogP contribution in [0.2, 0.25) is 0 Å². The molecule has 0 spiro atoms. The van der Waals surface area contributed by atoms with E-state index in [-0.39, 0.29) is 12.2 Å². The summed E-state index contributed by atoms with van der Waals surface area (Å²) in [6.45, 7) is 1.86. The van der Waals surface area contributed by atoms with Crippen molar-refractivity contribution >= 4 is 11.6 Å². The fourth-order valence-electron chi connectivity index (χ4n) is 1.46. The first-order chi connectivity index (χ1) is 8.43. The molecule has 0 aliphatic carbocycles. The smallest absolute Gasteiger partial charge is 0.257 e. The van der Waals surface area contributed by atoms with E-state index in [9.17, 15) is 13.6 Å². The first-order valence-electron chi connectivity index (χ1n) is 5.63. The fourth-order valence-corrected chi connectivity index (χ4v) is 1.46. The van der Waals surface area contributed by atoms with Crippen LogP contribution in [-0.4, -0.2) is 23.7 Å². The fraction of sp³-hybridized carbons (Fsp3) is 0.417. The van der Waals surface area contributed by atoms with Gasteiger partial charge < -0.3 is 16.2 Å². The monoisotopic (exact) mass is 258 g/mol. The number of anilines is 1. The van der Waals surface area contributed by atoms with Gasteiger partial charge in [-0.05, 0) is 31.9 Å². The highest BCUT2D eigenvalue weighted by molar-refractivity contribution is 5.95. The normalized spacial score (nSPS) is 12.2. The maximum atomic E-state index is 13.5. The van der Waals surface area contributed by atoms with E-state index in [1.807, 2.05) is 0 Å². The molecule has 1 atom stereocenters. The molecule has 4 nitrogen and oxygen atoms in total. The van der Waals surface area contributed by atoms with Crippen LogP contribution in [0.5, 0.6) is 0 Å². The Morgan fingerprint density at radius 2 is 2.17 bits per heavy atom. The van der Waals surface area contributed by atoms with Gasteiger partial charge in [0, 0.05) is 6.54 Å². The van der Waals surface area contributed by atoms with Crippen LogP contribution in [-0.2, 0) is 0 Å². The third kappa shape index (κ3) is 3.66. The third-order valence-corrected chi connectivity index (χ3v) is 2.43. The van der Waals surface area contributed by atoms with E-state index >= 15 is 0 Å². The van der Waals surface area contributed by atoms with Gasteiger partial charge in [0.25, 0.3) is 5.91 Å². The van der Waals surface area contributed by atoms with Crippen molar-refractivity contribution in [1.29, 1.82) is 0 Å². The summed E-state index contributed by atoms with van der Waals surface area (Å²) in [4.78, 5) is 11.6. The van der Waals surface area contributed by atoms with Crippen molar-refractivity contribution in [2.75, 3.05) is 12.3 Å². The molecule has 0 radical (unpaired) electrons. The van der Waals surface area contributed by atoms with Crippen molar-refractivity contribution in [2.24, 2.45) is 0 Å². The molecule has 1 rings (SSSR count). The predicted octanol–water partition coefficient (Wildman–Crippen LogP) is 1.44. The van der Waals surface area contributed by atoms with Crippen LogP contribution in [0.4, 0.5) is 14.5 Å². The number of nitrogens with two attached hydrogens (primary N) is 1. The molecule has 1 amide bonds. The number of rotatable bonds is 5. The summed E-state index contributed by atoms with van der Waals surface area (Å²) in [5, 5.41) is 11.4. The molecule has 0 saturated heterocycles. The number of aliphatic hydroxyl groups is 1. The summed E-state index contributed by atoms with van der Waals surface area (Å²) in [6, 6.07) is 2.01. The van der Waals surface area contributed by atoms with Gasteiger partial charge in [-0.1, -0.05) is 0 Å². The highest BCUT2D eigenvalue weighted by atomic mass is 19.1. The summed E-state index contributed by atoms with van der Waals surface area (Å²) >= 11 is 0. The largest absolute Gasteiger partial charge is 0.396 e. The molecule has 1 aromatic carbocycles. The van der Waals surface area contributed by atoms with Crippen LogP contribution in [0.15, 0.2) is 12.1 Å². The zero-order valence-electron chi connectivity index (χ0n) is 10.0. The molecular formula is C12H16F2N2O2. The molecule has 100 valence electrons. The lowest BCUT2D eigenvalue weighted by molar-refractivity contribution is 0.0941. The van der Waals surface area contributed by atoms with E-state index in [0.29, 0.717) is 12.8 Å². The van der Waals surface area contributed by atoms with Gasteiger partial charge in [-0.3, -0.25) is 4.79 Å². The Kier molecular flexibility index (Phi) is 5.03. The second-order valence-corrected chi connectivity index (χ2v) is 4.07. The Labute approximate surface area is 104 Å². The minimum atomic E-state index is -1.05. The average Bonchev–Trinajstić information content (AvgIpc) is 2.30. The quantitative estimate of drug-likeness (QED) is 0.552. The molecule has 1 aromatic rings. The molecule has 0 aliphatic heterocycles. The van der Waals surface area contributed by atoms with E-state index in [0.717, 1.165) is 12.1 Å². The molecule has 1 unspecified atom stereocenters. The van der Waals surface area contributed by atoms with Crippen molar-refractivity contribution < 1.29 is 18.7 Å². The highest BCUT2D eigenvalue weighted by Gasteiger charge is 2.18. The van der Waals surface area contributed by atoms with Gasteiger partial charge in [0.05, 0.1) is 11.8 Å². The molecule has 4 N–H and O–H groups in total. The van der Waals surface area contributed by atoms with E-state index in [2.05, 4.69) is 5.32 Å². The minimum absolute atomic E-state index is 0.234. The summed E-state index contributed by atoms with van der Waals surface area (Å²) in [6.07, 6.45) is 0.555. The van der Waals surface area contributed by atoms with Crippen LogP contribution in [0.1, 0.15) is 30.1 Å². The molecular weight excluding hydrogens is 242 g/mol. The van der Waals surface area contributed by atoms with Gasteiger partial charge in [0.2, 0.25) is 0 Å². The minimum Gasteiger partial charge on any atom is -0.396 e. The molecule has 0 fully saturated rings. The standard InChI is InChI=1S/C12H16F2N2O2/c1-7(17)3-2-6-16-12(18)10-8(13)4-5-9(15)11(10)14/h4-5,7,17H,2-3,6,15H2,1H3,(H,16,18). The number of hydrogen-bond donors (Lipinski definition) is 3. The second-order valence-electron chi connectivity index (χ2n) is 4.07. The van der Waals surface area contributed by atoms with Gasteiger partial charge in [-0.25, -0.2) is 8.78 Å². The summed E-state index contributed by atoms with van der Waals surface area (Å²) < 4.78 is 26.8. The maximum absolute atomic E-state index is 13.5. The summed E-state index contributed by atoms with van der Waals surface area (Å²) in [7, 11) is 0. The third-order valence-electron chi connectivity index (χ3n) is 2.43. The van der Waals surface area contributed by atoms with Crippen molar-refractivity contribution in [2.45, 2.75) is 25.9 Å². The van der Waals surface area contributed by atoms with Crippen LogP contribution in [0.25, 0.3) is 0 Å². The van der Waals surface area contributed by atoms with Gasteiger partial charge in [0.1, 0.15) is 11.4 Å². The maximum Gasteiger partial charge on any atom is 0.257 e. The van der Waals surface area contributed by atoms with Crippen LogP contribution >= 0.6 is 0 Å². The van der Waals surface area contributed by atoms with Gasteiger partial charge in [0.15, 0.2) is 5.82 Å². The number of halogens is 2. The molecule has 0 bridgehead atoms. The lowest BCUT2D eigenvalue weighted by Crippen LogP contribution is -2.27. The Balaban J connectivity index is 2.65. The predicted molar refractivity (Wildman–Crippen MR) is 64.0 cm³/mol. The Hall–Kier alpha value is -1.69. The molecule has 0 aliphatic rings. The SMILES string of the molecule is CC(O)CCCNC(=O)c1c(F)ccc(N)c1F. The second kappa shape index (κ2) is 6.30. The number of benzene rings is 1. The van der Waals surface area contributed by atoms with Crippen molar-refractivity contribution in [1.82, 2.24) is 5.32 Å². The lowest BCUT2D eigenvalue weighted by atomic mass is 10.1. The molecule has 6 heteroatoms. The van der Waals surface area contributed by atoms with Gasteiger partial charge in [-0.15, -0.1) is 0 Å². The van der Waals surface area contributed by atoms with Crippen LogP contribution in [0.3, 0.4) is 0 Å². The zero-order chi connectivity index (χ0) is 13.7. The lowest BCUT2D eigenvalue weighted by Gasteiger charge is -2.09. The number of aliphatic hydroxyl groups excluding tert-OH is 1. The molecule has 18 heavy (non-hydrogen) atoms. The molecule has 0 saturated carbocycles. The van der Waals surface area contributed by atoms with E-state index < -0.39 is 29.2 Å². The molecule has 0 heterocycles. The highest BCUT2D eigenvalue weighted by Crippen LogP contribution is 2.18.